The summed E-state index contributed by atoms with van der Waals surface area (Å²) in [5, 5.41) is 0. The minimum atomic E-state index is 0.406. The highest BCUT2D eigenvalue weighted by Crippen LogP contribution is 2.23. The fraction of sp³-hybridized carbons (Fsp3) is 1.00. The first kappa shape index (κ1) is 8.45. The molecule has 1 fully saturated rings. The van der Waals surface area contributed by atoms with Crippen molar-refractivity contribution < 1.29 is 9.26 Å². The summed E-state index contributed by atoms with van der Waals surface area (Å²) in [6.07, 6.45) is 5.50. The van der Waals surface area contributed by atoms with Crippen molar-refractivity contribution in [3.63, 3.8) is 0 Å². The van der Waals surface area contributed by atoms with Crippen molar-refractivity contribution in [1.82, 2.24) is 0 Å². The Kier molecular flexibility index (Phi) is 3.61. The molecule has 3 atom stereocenters. The molecule has 0 bridgehead atoms. The second kappa shape index (κ2) is 4.27. The standard InChI is InChI=1S/C7H15O2P/c1-8-6-3-2-4-7(5-6)9-10/h6-7H,2-5,10H2,1H3. The van der Waals surface area contributed by atoms with Gasteiger partial charge in [0.15, 0.2) is 0 Å². The number of hydrogen-bond acceptors (Lipinski definition) is 2. The molecule has 0 aromatic rings. The molecule has 0 N–H and O–H groups in total. The Morgan fingerprint density at radius 1 is 1.30 bits per heavy atom. The molecule has 1 saturated carbocycles. The Labute approximate surface area is 64.6 Å². The molecule has 1 aliphatic carbocycles. The van der Waals surface area contributed by atoms with E-state index in [0.29, 0.717) is 12.2 Å². The molecule has 0 radical (unpaired) electrons. The zero-order valence-electron chi connectivity index (χ0n) is 6.38. The zero-order valence-corrected chi connectivity index (χ0v) is 7.53. The summed E-state index contributed by atoms with van der Waals surface area (Å²) in [4.78, 5) is 0. The summed E-state index contributed by atoms with van der Waals surface area (Å²) in [5.41, 5.74) is 0. The van der Waals surface area contributed by atoms with Crippen molar-refractivity contribution in [2.24, 2.45) is 0 Å². The third-order valence-electron chi connectivity index (χ3n) is 2.10. The topological polar surface area (TPSA) is 18.5 Å². The molecule has 0 aromatic carbocycles. The van der Waals surface area contributed by atoms with Crippen LogP contribution in [0.4, 0.5) is 0 Å². The maximum absolute atomic E-state index is 5.23. The van der Waals surface area contributed by atoms with Crippen LogP contribution in [-0.4, -0.2) is 19.3 Å². The largest absolute Gasteiger partial charge is 0.381 e. The Hall–Kier alpha value is 0.350. The van der Waals surface area contributed by atoms with E-state index in [-0.39, 0.29) is 0 Å². The van der Waals surface area contributed by atoms with Gasteiger partial charge in [-0.2, -0.15) is 0 Å². The monoisotopic (exact) mass is 162 g/mol. The molecular weight excluding hydrogens is 147 g/mol. The Balaban J connectivity index is 2.25. The van der Waals surface area contributed by atoms with Gasteiger partial charge in [0.05, 0.1) is 12.2 Å². The Morgan fingerprint density at radius 2 is 2.00 bits per heavy atom. The highest BCUT2D eigenvalue weighted by atomic mass is 31.0. The Morgan fingerprint density at radius 3 is 2.60 bits per heavy atom. The van der Waals surface area contributed by atoms with Crippen LogP contribution in [0.15, 0.2) is 0 Å². The van der Waals surface area contributed by atoms with Crippen molar-refractivity contribution in [3.05, 3.63) is 0 Å². The van der Waals surface area contributed by atoms with Gasteiger partial charge in [-0.25, -0.2) is 0 Å². The molecule has 10 heavy (non-hydrogen) atoms. The lowest BCUT2D eigenvalue weighted by atomic mass is 9.95. The number of methoxy groups -OCH3 is 1. The molecule has 0 aliphatic heterocycles. The molecule has 1 rings (SSSR count). The van der Waals surface area contributed by atoms with Gasteiger partial charge in [0.2, 0.25) is 0 Å². The second-order valence-electron chi connectivity index (χ2n) is 2.78. The van der Waals surface area contributed by atoms with Gasteiger partial charge in [0.25, 0.3) is 0 Å². The summed E-state index contributed by atoms with van der Waals surface area (Å²) < 4.78 is 10.4. The molecule has 1 aliphatic rings. The average molecular weight is 162 g/mol. The lowest BCUT2D eigenvalue weighted by Gasteiger charge is -2.26. The molecule has 0 amide bonds. The molecule has 2 nitrogen and oxygen atoms in total. The average Bonchev–Trinajstić information content (AvgIpc) is 2.05. The van der Waals surface area contributed by atoms with E-state index in [1.165, 1.54) is 19.3 Å². The van der Waals surface area contributed by atoms with Gasteiger partial charge in [0.1, 0.15) is 0 Å². The van der Waals surface area contributed by atoms with Crippen molar-refractivity contribution in [2.45, 2.75) is 37.9 Å². The maximum atomic E-state index is 5.23. The number of rotatable bonds is 2. The Bertz CT molecular complexity index is 87.6. The SMILES string of the molecule is COC1CCCC(OP)C1. The van der Waals surface area contributed by atoms with E-state index in [4.69, 9.17) is 9.26 Å². The van der Waals surface area contributed by atoms with E-state index in [2.05, 4.69) is 9.47 Å². The highest BCUT2D eigenvalue weighted by Gasteiger charge is 2.20. The molecule has 0 aromatic heterocycles. The summed E-state index contributed by atoms with van der Waals surface area (Å²) >= 11 is 0. The van der Waals surface area contributed by atoms with Crippen LogP contribution in [0.3, 0.4) is 0 Å². The van der Waals surface area contributed by atoms with Crippen LogP contribution in [-0.2, 0) is 9.26 Å². The van der Waals surface area contributed by atoms with Crippen LogP contribution in [0, 0.1) is 0 Å². The van der Waals surface area contributed by atoms with E-state index in [0.717, 1.165) is 6.42 Å². The van der Waals surface area contributed by atoms with Crippen LogP contribution >= 0.6 is 9.47 Å². The van der Waals surface area contributed by atoms with E-state index < -0.39 is 0 Å². The predicted octanol–water partition coefficient (Wildman–Crippen LogP) is 1.75. The maximum Gasteiger partial charge on any atom is 0.0635 e. The summed E-state index contributed by atoms with van der Waals surface area (Å²) in [6.45, 7) is 0. The third kappa shape index (κ3) is 2.19. The highest BCUT2D eigenvalue weighted by molar-refractivity contribution is 7.09. The normalized spacial score (nSPS) is 34.2. The van der Waals surface area contributed by atoms with Crippen LogP contribution in [0.25, 0.3) is 0 Å². The van der Waals surface area contributed by atoms with Gasteiger partial charge < -0.3 is 9.26 Å². The fourth-order valence-corrected chi connectivity index (χ4v) is 1.69. The van der Waals surface area contributed by atoms with Gasteiger partial charge in [-0.05, 0) is 19.3 Å². The zero-order chi connectivity index (χ0) is 7.40. The van der Waals surface area contributed by atoms with Gasteiger partial charge in [-0.15, -0.1) is 0 Å². The van der Waals surface area contributed by atoms with Crippen LogP contribution < -0.4 is 0 Å². The van der Waals surface area contributed by atoms with E-state index in [9.17, 15) is 0 Å². The summed E-state index contributed by atoms with van der Waals surface area (Å²) in [5.74, 6) is 0. The molecule has 0 spiro atoms. The van der Waals surface area contributed by atoms with Crippen molar-refractivity contribution >= 4 is 9.47 Å². The van der Waals surface area contributed by atoms with E-state index in [1.54, 1.807) is 7.11 Å². The van der Waals surface area contributed by atoms with Crippen LogP contribution in [0.2, 0.25) is 0 Å². The first-order valence-electron chi connectivity index (χ1n) is 3.75. The summed E-state index contributed by atoms with van der Waals surface area (Å²) in [7, 11) is 4.10. The smallest absolute Gasteiger partial charge is 0.0635 e. The molecular formula is C7H15O2P. The lowest BCUT2D eigenvalue weighted by Crippen LogP contribution is -2.25. The quantitative estimate of drug-likeness (QED) is 0.576. The van der Waals surface area contributed by atoms with Crippen LogP contribution in [0.5, 0.6) is 0 Å². The van der Waals surface area contributed by atoms with Gasteiger partial charge in [0, 0.05) is 23.0 Å². The van der Waals surface area contributed by atoms with Crippen molar-refractivity contribution in [1.29, 1.82) is 0 Å². The van der Waals surface area contributed by atoms with Crippen molar-refractivity contribution in [3.8, 4) is 0 Å². The fourth-order valence-electron chi connectivity index (χ4n) is 1.44. The first-order valence-corrected chi connectivity index (χ1v) is 4.22. The van der Waals surface area contributed by atoms with Gasteiger partial charge >= 0.3 is 0 Å². The molecule has 0 saturated heterocycles. The third-order valence-corrected chi connectivity index (χ3v) is 2.49. The van der Waals surface area contributed by atoms with Gasteiger partial charge in [-0.1, -0.05) is 0 Å². The molecule has 0 heterocycles. The predicted molar refractivity (Wildman–Crippen MR) is 43.8 cm³/mol. The van der Waals surface area contributed by atoms with Crippen LogP contribution in [0.1, 0.15) is 25.7 Å². The van der Waals surface area contributed by atoms with Gasteiger partial charge in [-0.3, -0.25) is 0 Å². The lowest BCUT2D eigenvalue weighted by molar-refractivity contribution is 0.0270. The minimum Gasteiger partial charge on any atom is -0.381 e. The summed E-state index contributed by atoms with van der Waals surface area (Å²) in [6, 6.07) is 0. The van der Waals surface area contributed by atoms with E-state index in [1.807, 2.05) is 0 Å². The molecule has 3 heteroatoms. The molecule has 3 unspecified atom stereocenters. The minimum absolute atomic E-state index is 0.406. The van der Waals surface area contributed by atoms with E-state index >= 15 is 0 Å². The second-order valence-corrected chi connectivity index (χ2v) is 3.05. The molecule has 60 valence electrons. The number of hydrogen-bond donors (Lipinski definition) is 0. The first-order chi connectivity index (χ1) is 4.86. The van der Waals surface area contributed by atoms with Crippen molar-refractivity contribution in [2.75, 3.05) is 7.11 Å². The number of ether oxygens (including phenoxy) is 1.